The molecule has 0 bridgehead atoms. The number of nitrogens with zero attached hydrogens (tertiary/aromatic N) is 3. The lowest BCUT2D eigenvalue weighted by Gasteiger charge is -2.16. The summed E-state index contributed by atoms with van der Waals surface area (Å²) in [6.45, 7) is 0. The molecule has 1 aromatic carbocycles. The van der Waals surface area contributed by atoms with Gasteiger partial charge in [-0.2, -0.15) is 0 Å². The molecule has 3 aromatic rings. The number of primary amides is 1. The molecule has 2 aromatic heterocycles. The van der Waals surface area contributed by atoms with Gasteiger partial charge in [0.05, 0.1) is 5.52 Å². The third kappa shape index (κ3) is 3.15. The van der Waals surface area contributed by atoms with Gasteiger partial charge in [-0.05, 0) is 24.3 Å². The minimum Gasteiger partial charge on any atom is -0.368 e. The Balaban J connectivity index is 2.11. The number of nitrogens with one attached hydrogen (secondary N) is 1. The maximum absolute atomic E-state index is 11.6. The molecule has 0 radical (unpaired) electrons. The number of fused-ring (bicyclic) bond motifs is 1. The molecule has 0 saturated heterocycles. The van der Waals surface area contributed by atoms with E-state index in [0.717, 1.165) is 16.5 Å². The van der Waals surface area contributed by atoms with Gasteiger partial charge in [0, 0.05) is 29.8 Å². The minimum atomic E-state index is -0.699. The van der Waals surface area contributed by atoms with Crippen LogP contribution >= 0.6 is 0 Å². The highest BCUT2D eigenvalue weighted by molar-refractivity contribution is 5.93. The Labute approximate surface area is 139 Å². The molecule has 3 N–H and O–H groups in total. The van der Waals surface area contributed by atoms with Crippen molar-refractivity contribution in [3.8, 4) is 23.7 Å². The Morgan fingerprint density at radius 2 is 2.08 bits per heavy atom. The highest BCUT2D eigenvalue weighted by atomic mass is 16.1. The van der Waals surface area contributed by atoms with Crippen LogP contribution in [0.25, 0.3) is 22.3 Å². The number of aromatic nitrogens is 3. The van der Waals surface area contributed by atoms with E-state index in [9.17, 15) is 4.79 Å². The second-order valence-electron chi connectivity index (χ2n) is 5.16. The second-order valence-corrected chi connectivity index (χ2v) is 5.16. The molecule has 3 rings (SSSR count). The summed E-state index contributed by atoms with van der Waals surface area (Å²) in [5.41, 5.74) is 6.94. The van der Waals surface area contributed by atoms with Crippen molar-refractivity contribution in [1.29, 1.82) is 0 Å². The Bertz CT molecular complexity index is 918. The van der Waals surface area contributed by atoms with Crippen LogP contribution in [0.2, 0.25) is 0 Å². The highest BCUT2D eigenvalue weighted by Crippen LogP contribution is 2.25. The molecule has 6 nitrogen and oxygen atoms in total. The number of para-hydroxylation sites is 1. The predicted molar refractivity (Wildman–Crippen MR) is 92.8 cm³/mol. The smallest absolute Gasteiger partial charge is 0.240 e. The third-order valence-electron chi connectivity index (χ3n) is 3.50. The summed E-state index contributed by atoms with van der Waals surface area (Å²) in [4.78, 5) is 24.8. The molecule has 1 amide bonds. The molecule has 24 heavy (non-hydrogen) atoms. The van der Waals surface area contributed by atoms with Gasteiger partial charge in [0.15, 0.2) is 5.82 Å². The van der Waals surface area contributed by atoms with E-state index in [-0.39, 0.29) is 6.42 Å². The Morgan fingerprint density at radius 3 is 2.79 bits per heavy atom. The van der Waals surface area contributed by atoms with Gasteiger partial charge in [0.25, 0.3) is 0 Å². The van der Waals surface area contributed by atoms with Gasteiger partial charge in [0.1, 0.15) is 11.9 Å². The number of carbonyl (C=O) groups is 1. The van der Waals surface area contributed by atoms with Crippen LogP contribution in [0.15, 0.2) is 48.8 Å². The number of hydrogen-bond donors (Lipinski definition) is 2. The molecule has 6 heteroatoms. The monoisotopic (exact) mass is 317 g/mol. The number of amides is 1. The molecule has 0 aliphatic carbocycles. The first kappa shape index (κ1) is 15.4. The number of anilines is 1. The molecule has 0 aliphatic rings. The summed E-state index contributed by atoms with van der Waals surface area (Å²) in [5, 5.41) is 3.83. The van der Waals surface area contributed by atoms with E-state index in [1.807, 2.05) is 36.4 Å². The third-order valence-corrected chi connectivity index (χ3v) is 3.50. The predicted octanol–water partition coefficient (Wildman–Crippen LogP) is 1.98. The van der Waals surface area contributed by atoms with Crippen molar-refractivity contribution in [1.82, 2.24) is 15.0 Å². The molecule has 1 unspecified atom stereocenters. The van der Waals surface area contributed by atoms with Crippen molar-refractivity contribution in [2.24, 2.45) is 5.73 Å². The van der Waals surface area contributed by atoms with Gasteiger partial charge < -0.3 is 11.1 Å². The van der Waals surface area contributed by atoms with Gasteiger partial charge in [-0.3, -0.25) is 9.78 Å². The van der Waals surface area contributed by atoms with Crippen LogP contribution in [0.5, 0.6) is 0 Å². The highest BCUT2D eigenvalue weighted by Gasteiger charge is 2.17. The first-order chi connectivity index (χ1) is 11.7. The number of hydrogen-bond acceptors (Lipinski definition) is 5. The molecule has 0 aliphatic heterocycles. The molecule has 118 valence electrons. The van der Waals surface area contributed by atoms with E-state index in [0.29, 0.717) is 11.6 Å². The summed E-state index contributed by atoms with van der Waals surface area (Å²) >= 11 is 0. The number of benzene rings is 1. The second kappa shape index (κ2) is 6.75. The standard InChI is InChI=1S/C18H15N5O/c1-2-6-15(16(19)24)22-18-13-8-3-4-9-14(13)21-17(23-18)12-7-5-10-20-11-12/h1,3-5,7-11,15H,6H2,(H2,19,24)(H,21,22,23). The average molecular weight is 317 g/mol. The lowest BCUT2D eigenvalue weighted by Crippen LogP contribution is -2.35. The van der Waals surface area contributed by atoms with Crippen molar-refractivity contribution in [2.75, 3.05) is 5.32 Å². The Morgan fingerprint density at radius 1 is 1.25 bits per heavy atom. The van der Waals surface area contributed by atoms with Crippen molar-refractivity contribution in [3.63, 3.8) is 0 Å². The zero-order chi connectivity index (χ0) is 16.9. The number of nitrogens with two attached hydrogens (primary N) is 1. The molecule has 0 fully saturated rings. The molecular weight excluding hydrogens is 302 g/mol. The number of terminal acetylenes is 1. The van der Waals surface area contributed by atoms with Crippen LogP contribution in [0.3, 0.4) is 0 Å². The van der Waals surface area contributed by atoms with E-state index in [1.54, 1.807) is 12.4 Å². The molecule has 0 saturated carbocycles. The summed E-state index contributed by atoms with van der Waals surface area (Å²) in [7, 11) is 0. The van der Waals surface area contributed by atoms with Gasteiger partial charge in [-0.1, -0.05) is 12.1 Å². The van der Waals surface area contributed by atoms with Crippen molar-refractivity contribution < 1.29 is 4.79 Å². The fourth-order valence-electron chi connectivity index (χ4n) is 2.32. The van der Waals surface area contributed by atoms with E-state index >= 15 is 0 Å². The number of pyridine rings is 1. The molecule has 1 atom stereocenters. The van der Waals surface area contributed by atoms with Crippen LogP contribution < -0.4 is 11.1 Å². The van der Waals surface area contributed by atoms with Crippen LogP contribution in [0.4, 0.5) is 5.82 Å². The van der Waals surface area contributed by atoms with Crippen LogP contribution in [-0.4, -0.2) is 26.9 Å². The van der Waals surface area contributed by atoms with Gasteiger partial charge >= 0.3 is 0 Å². The zero-order valence-electron chi connectivity index (χ0n) is 12.8. The number of carbonyl (C=O) groups excluding carboxylic acids is 1. The van der Waals surface area contributed by atoms with E-state index < -0.39 is 11.9 Å². The molecule has 2 heterocycles. The SMILES string of the molecule is C#CCC(Nc1nc(-c2cccnc2)nc2ccccc12)C(N)=O. The summed E-state index contributed by atoms with van der Waals surface area (Å²) < 4.78 is 0. The topological polar surface area (TPSA) is 93.8 Å². The zero-order valence-corrected chi connectivity index (χ0v) is 12.8. The largest absolute Gasteiger partial charge is 0.368 e. The van der Waals surface area contributed by atoms with E-state index in [1.165, 1.54) is 0 Å². The van der Waals surface area contributed by atoms with Gasteiger partial charge in [-0.15, -0.1) is 12.3 Å². The minimum absolute atomic E-state index is 0.176. The maximum Gasteiger partial charge on any atom is 0.240 e. The van der Waals surface area contributed by atoms with E-state index in [4.69, 9.17) is 12.2 Å². The van der Waals surface area contributed by atoms with Gasteiger partial charge in [-0.25, -0.2) is 9.97 Å². The van der Waals surface area contributed by atoms with Crippen molar-refractivity contribution >= 4 is 22.6 Å². The fraction of sp³-hybridized carbons (Fsp3) is 0.111. The first-order valence-electron chi connectivity index (χ1n) is 7.35. The van der Waals surface area contributed by atoms with E-state index in [2.05, 4.69) is 26.2 Å². The fourth-order valence-corrected chi connectivity index (χ4v) is 2.32. The van der Waals surface area contributed by atoms with Crippen molar-refractivity contribution in [3.05, 3.63) is 48.8 Å². The van der Waals surface area contributed by atoms with Crippen molar-refractivity contribution in [2.45, 2.75) is 12.5 Å². The normalized spacial score (nSPS) is 11.6. The van der Waals surface area contributed by atoms with Crippen LogP contribution in [-0.2, 0) is 4.79 Å². The van der Waals surface area contributed by atoms with Crippen LogP contribution in [0.1, 0.15) is 6.42 Å². The summed E-state index contributed by atoms with van der Waals surface area (Å²) in [5.74, 6) is 2.94. The lowest BCUT2D eigenvalue weighted by atomic mass is 10.1. The maximum atomic E-state index is 11.6. The number of rotatable bonds is 5. The Kier molecular flexibility index (Phi) is 4.34. The summed E-state index contributed by atoms with van der Waals surface area (Å²) in [6.07, 6.45) is 8.85. The molecular formula is C18H15N5O. The molecule has 0 spiro atoms. The Hall–Kier alpha value is -3.46. The quantitative estimate of drug-likeness (QED) is 0.702. The average Bonchev–Trinajstić information content (AvgIpc) is 2.61. The van der Waals surface area contributed by atoms with Crippen LogP contribution in [0, 0.1) is 12.3 Å². The van der Waals surface area contributed by atoms with Gasteiger partial charge in [0.2, 0.25) is 5.91 Å². The lowest BCUT2D eigenvalue weighted by molar-refractivity contribution is -0.118. The first-order valence-corrected chi connectivity index (χ1v) is 7.35. The summed E-state index contributed by atoms with van der Waals surface area (Å²) in [6, 6.07) is 10.5.